The van der Waals surface area contributed by atoms with Crippen molar-refractivity contribution in [1.82, 2.24) is 0 Å². The summed E-state index contributed by atoms with van der Waals surface area (Å²) in [7, 11) is 0. The molecule has 0 unspecified atom stereocenters. The number of nitrogens with two attached hydrogens (primary N) is 1. The molecule has 1 aliphatic heterocycles. The molecule has 0 radical (unpaired) electrons. The minimum Gasteiger partial charge on any atom is -0.478 e. The van der Waals surface area contributed by atoms with Gasteiger partial charge in [-0.1, -0.05) is 6.07 Å². The highest BCUT2D eigenvalue weighted by atomic mass is 16.4. The van der Waals surface area contributed by atoms with Crippen molar-refractivity contribution in [2.45, 2.75) is 6.42 Å². The van der Waals surface area contributed by atoms with E-state index in [0.29, 0.717) is 11.4 Å². The van der Waals surface area contributed by atoms with Crippen LogP contribution in [-0.2, 0) is 9.59 Å². The van der Waals surface area contributed by atoms with Crippen LogP contribution in [0, 0.1) is 0 Å². The molecule has 1 aliphatic rings. The van der Waals surface area contributed by atoms with Crippen LogP contribution in [-0.4, -0.2) is 17.0 Å². The van der Waals surface area contributed by atoms with Crippen molar-refractivity contribution in [1.29, 1.82) is 0 Å². The van der Waals surface area contributed by atoms with E-state index in [4.69, 9.17) is 10.8 Å². The van der Waals surface area contributed by atoms with E-state index >= 15 is 0 Å². The Morgan fingerprint density at radius 3 is 2.75 bits per heavy atom. The van der Waals surface area contributed by atoms with Gasteiger partial charge in [0.2, 0.25) is 5.91 Å². The second-order valence-corrected chi connectivity index (χ2v) is 3.49. The average Bonchev–Trinajstić information content (AvgIpc) is 2.60. The van der Waals surface area contributed by atoms with Crippen molar-refractivity contribution in [2.24, 2.45) is 0 Å². The largest absolute Gasteiger partial charge is 0.478 e. The van der Waals surface area contributed by atoms with Crippen molar-refractivity contribution >= 4 is 23.3 Å². The van der Waals surface area contributed by atoms with Gasteiger partial charge in [0.05, 0.1) is 17.7 Å². The normalized spacial score (nSPS) is 15.1. The van der Waals surface area contributed by atoms with E-state index in [9.17, 15) is 9.59 Å². The number of nitrogen functional groups attached to an aromatic ring is 1. The maximum absolute atomic E-state index is 11.6. The van der Waals surface area contributed by atoms with Gasteiger partial charge in [0.15, 0.2) is 0 Å². The molecule has 2 rings (SSSR count). The van der Waals surface area contributed by atoms with Gasteiger partial charge in [-0.15, -0.1) is 0 Å². The maximum Gasteiger partial charge on any atom is 0.333 e. The SMILES string of the molecule is Nc1cccc(N2C=C(C(=O)O)CC2=O)c1. The molecule has 82 valence electrons. The molecule has 0 fully saturated rings. The lowest BCUT2D eigenvalue weighted by Crippen LogP contribution is -2.19. The highest BCUT2D eigenvalue weighted by Gasteiger charge is 2.26. The molecule has 0 aromatic heterocycles. The topological polar surface area (TPSA) is 83.6 Å². The predicted octanol–water partition coefficient (Wildman–Crippen LogP) is 0.974. The number of hydrogen-bond donors (Lipinski definition) is 2. The lowest BCUT2D eigenvalue weighted by atomic mass is 10.2. The van der Waals surface area contributed by atoms with E-state index < -0.39 is 5.97 Å². The zero-order chi connectivity index (χ0) is 11.7. The molecule has 0 aliphatic carbocycles. The van der Waals surface area contributed by atoms with Crippen molar-refractivity contribution in [3.63, 3.8) is 0 Å². The minimum atomic E-state index is -1.07. The number of carboxylic acid groups (broad SMARTS) is 1. The lowest BCUT2D eigenvalue weighted by Gasteiger charge is -2.13. The van der Waals surface area contributed by atoms with E-state index in [1.54, 1.807) is 24.3 Å². The third-order valence-corrected chi connectivity index (χ3v) is 2.32. The van der Waals surface area contributed by atoms with E-state index in [1.165, 1.54) is 11.1 Å². The maximum atomic E-state index is 11.6. The van der Waals surface area contributed by atoms with Crippen LogP contribution in [0.4, 0.5) is 11.4 Å². The quantitative estimate of drug-likeness (QED) is 0.724. The summed E-state index contributed by atoms with van der Waals surface area (Å²) in [6.45, 7) is 0. The first-order valence-corrected chi connectivity index (χ1v) is 4.69. The summed E-state index contributed by atoms with van der Waals surface area (Å²) in [6, 6.07) is 6.74. The number of carbonyl (C=O) groups is 2. The van der Waals surface area contributed by atoms with Crippen molar-refractivity contribution < 1.29 is 14.7 Å². The van der Waals surface area contributed by atoms with Gasteiger partial charge in [-0.3, -0.25) is 9.69 Å². The minimum absolute atomic E-state index is 0.0792. The molecule has 3 N–H and O–H groups in total. The second kappa shape index (κ2) is 3.69. The molecule has 1 heterocycles. The Kier molecular flexibility index (Phi) is 2.36. The summed E-state index contributed by atoms with van der Waals surface area (Å²) >= 11 is 0. The highest BCUT2D eigenvalue weighted by Crippen LogP contribution is 2.25. The first kappa shape index (κ1) is 10.2. The Balaban J connectivity index is 2.35. The number of benzene rings is 1. The summed E-state index contributed by atoms with van der Waals surface area (Å²) < 4.78 is 0. The average molecular weight is 218 g/mol. The molecule has 1 aromatic rings. The first-order valence-electron chi connectivity index (χ1n) is 4.69. The van der Waals surface area contributed by atoms with Crippen LogP contribution in [0.15, 0.2) is 36.0 Å². The number of hydrogen-bond acceptors (Lipinski definition) is 3. The molecule has 0 saturated heterocycles. The van der Waals surface area contributed by atoms with Gasteiger partial charge in [-0.05, 0) is 18.2 Å². The van der Waals surface area contributed by atoms with Crippen LogP contribution >= 0.6 is 0 Å². The fourth-order valence-electron chi connectivity index (χ4n) is 1.55. The Hall–Kier alpha value is -2.30. The molecular formula is C11H10N2O3. The van der Waals surface area contributed by atoms with Gasteiger partial charge in [0, 0.05) is 11.9 Å². The van der Waals surface area contributed by atoms with Gasteiger partial charge in [-0.25, -0.2) is 4.79 Å². The Labute approximate surface area is 91.8 Å². The highest BCUT2D eigenvalue weighted by molar-refractivity contribution is 6.07. The van der Waals surface area contributed by atoms with Gasteiger partial charge in [0.25, 0.3) is 0 Å². The van der Waals surface area contributed by atoms with E-state index in [0.717, 1.165) is 0 Å². The van der Waals surface area contributed by atoms with Crippen LogP contribution in [0.5, 0.6) is 0 Å². The van der Waals surface area contributed by atoms with Crippen molar-refractivity contribution in [3.05, 3.63) is 36.0 Å². The molecule has 1 amide bonds. The molecule has 5 nitrogen and oxygen atoms in total. The lowest BCUT2D eigenvalue weighted by molar-refractivity contribution is -0.133. The molecule has 0 saturated carbocycles. The van der Waals surface area contributed by atoms with Gasteiger partial charge in [-0.2, -0.15) is 0 Å². The summed E-state index contributed by atoms with van der Waals surface area (Å²) in [6.07, 6.45) is 1.25. The smallest absolute Gasteiger partial charge is 0.333 e. The summed E-state index contributed by atoms with van der Waals surface area (Å²) in [5, 5.41) is 8.78. The fraction of sp³-hybridized carbons (Fsp3) is 0.0909. The van der Waals surface area contributed by atoms with Gasteiger partial charge >= 0.3 is 5.97 Å². The van der Waals surface area contributed by atoms with Crippen LogP contribution in [0.3, 0.4) is 0 Å². The number of carbonyl (C=O) groups excluding carboxylic acids is 1. The van der Waals surface area contributed by atoms with Crippen molar-refractivity contribution in [3.8, 4) is 0 Å². The van der Waals surface area contributed by atoms with Crippen LogP contribution in [0.1, 0.15) is 6.42 Å². The summed E-state index contributed by atoms with van der Waals surface area (Å²) in [5.41, 5.74) is 6.80. The fourth-order valence-corrected chi connectivity index (χ4v) is 1.55. The Morgan fingerprint density at radius 2 is 2.19 bits per heavy atom. The van der Waals surface area contributed by atoms with Crippen LogP contribution in [0.25, 0.3) is 0 Å². The molecule has 16 heavy (non-hydrogen) atoms. The van der Waals surface area contributed by atoms with Crippen LogP contribution < -0.4 is 10.6 Å². The Morgan fingerprint density at radius 1 is 1.44 bits per heavy atom. The zero-order valence-corrected chi connectivity index (χ0v) is 8.38. The molecule has 5 heteroatoms. The third kappa shape index (κ3) is 1.75. The van der Waals surface area contributed by atoms with E-state index in [1.807, 2.05) is 0 Å². The van der Waals surface area contributed by atoms with Crippen molar-refractivity contribution in [2.75, 3.05) is 10.6 Å². The number of rotatable bonds is 2. The zero-order valence-electron chi connectivity index (χ0n) is 8.38. The standard InChI is InChI=1S/C11H10N2O3/c12-8-2-1-3-9(5-8)13-6-7(11(15)16)4-10(13)14/h1-3,5-6H,4,12H2,(H,15,16). The molecule has 0 bridgehead atoms. The monoisotopic (exact) mass is 218 g/mol. The second-order valence-electron chi connectivity index (χ2n) is 3.49. The Bertz CT molecular complexity index is 494. The van der Waals surface area contributed by atoms with E-state index in [2.05, 4.69) is 0 Å². The number of carboxylic acids is 1. The molecular weight excluding hydrogens is 208 g/mol. The van der Waals surface area contributed by atoms with E-state index in [-0.39, 0.29) is 17.9 Å². The number of nitrogens with zero attached hydrogens (tertiary/aromatic N) is 1. The number of anilines is 2. The molecule has 0 spiro atoms. The van der Waals surface area contributed by atoms with Gasteiger partial charge < -0.3 is 10.8 Å². The first-order chi connectivity index (χ1) is 7.58. The number of amides is 1. The van der Waals surface area contributed by atoms with Crippen LogP contribution in [0.2, 0.25) is 0 Å². The third-order valence-electron chi connectivity index (χ3n) is 2.32. The summed E-state index contributed by atoms with van der Waals surface area (Å²) in [5.74, 6) is -1.33. The molecule has 1 aromatic carbocycles. The predicted molar refractivity (Wildman–Crippen MR) is 58.7 cm³/mol. The van der Waals surface area contributed by atoms with Gasteiger partial charge in [0.1, 0.15) is 0 Å². The molecule has 0 atom stereocenters. The summed E-state index contributed by atoms with van der Waals surface area (Å²) in [4.78, 5) is 23.6. The number of aliphatic carboxylic acids is 1.